The van der Waals surface area contributed by atoms with Crippen LogP contribution in [0.15, 0.2) is 11.6 Å². The van der Waals surface area contributed by atoms with Crippen molar-refractivity contribution in [1.82, 2.24) is 0 Å². The molecule has 1 aliphatic rings. The molecule has 76 valence electrons. The fourth-order valence-corrected chi connectivity index (χ4v) is 1.64. The molecule has 0 aliphatic heterocycles. The molecule has 1 N–H and O–H groups in total. The van der Waals surface area contributed by atoms with E-state index >= 15 is 0 Å². The molecule has 0 radical (unpaired) electrons. The molecule has 1 aliphatic carbocycles. The van der Waals surface area contributed by atoms with Gasteiger partial charge in [0.15, 0.2) is 0 Å². The summed E-state index contributed by atoms with van der Waals surface area (Å²) in [4.78, 5) is 0. The number of aliphatic hydroxyl groups is 1. The summed E-state index contributed by atoms with van der Waals surface area (Å²) in [5.74, 6) is -2.77. The van der Waals surface area contributed by atoms with Gasteiger partial charge < -0.3 is 5.11 Å². The van der Waals surface area contributed by atoms with Gasteiger partial charge in [-0.05, 0) is 38.2 Å². The Labute approximate surface area is 77.5 Å². The van der Waals surface area contributed by atoms with Crippen LogP contribution < -0.4 is 0 Å². The molecule has 0 aromatic rings. The zero-order valence-electron chi connectivity index (χ0n) is 7.89. The zero-order chi connectivity index (χ0) is 9.90. The third kappa shape index (κ3) is 3.85. The van der Waals surface area contributed by atoms with Crippen LogP contribution in [0.4, 0.5) is 8.78 Å². The van der Waals surface area contributed by atoms with Crippen molar-refractivity contribution in [3.05, 3.63) is 11.6 Å². The molecule has 3 heteroatoms. The summed E-state index contributed by atoms with van der Waals surface area (Å²) in [6, 6.07) is 0. The largest absolute Gasteiger partial charge is 0.389 e. The monoisotopic (exact) mass is 190 g/mol. The fourth-order valence-electron chi connectivity index (χ4n) is 1.64. The normalized spacial score (nSPS) is 21.1. The molecule has 0 fully saturated rings. The molecule has 0 saturated carbocycles. The Morgan fingerprint density at radius 1 is 1.54 bits per heavy atom. The van der Waals surface area contributed by atoms with Crippen molar-refractivity contribution < 1.29 is 13.9 Å². The van der Waals surface area contributed by atoms with E-state index in [-0.39, 0.29) is 0 Å². The van der Waals surface area contributed by atoms with Gasteiger partial charge in [-0.1, -0.05) is 6.08 Å². The van der Waals surface area contributed by atoms with Crippen molar-refractivity contribution in [2.24, 2.45) is 0 Å². The molecule has 1 atom stereocenters. The van der Waals surface area contributed by atoms with Gasteiger partial charge in [0.2, 0.25) is 5.92 Å². The first-order valence-corrected chi connectivity index (χ1v) is 4.74. The highest BCUT2D eigenvalue weighted by molar-refractivity contribution is 5.10. The number of aliphatic hydroxyl groups excluding tert-OH is 1. The number of allylic oxidation sites excluding steroid dienone is 1. The Bertz CT molecular complexity index is 194. The predicted octanol–water partition coefficient (Wildman–Crippen LogP) is 2.89. The molecular formula is C10H16F2O. The van der Waals surface area contributed by atoms with Crippen molar-refractivity contribution >= 4 is 0 Å². The maximum absolute atomic E-state index is 12.5. The van der Waals surface area contributed by atoms with Gasteiger partial charge in [-0.2, -0.15) is 0 Å². The highest BCUT2D eigenvalue weighted by Crippen LogP contribution is 2.27. The van der Waals surface area contributed by atoms with E-state index in [1.807, 2.05) is 6.08 Å². The molecule has 0 spiro atoms. The van der Waals surface area contributed by atoms with Gasteiger partial charge in [-0.25, -0.2) is 8.78 Å². The lowest BCUT2D eigenvalue weighted by Crippen LogP contribution is -2.23. The van der Waals surface area contributed by atoms with Crippen LogP contribution in [0, 0.1) is 0 Å². The summed E-state index contributed by atoms with van der Waals surface area (Å²) in [7, 11) is 0. The second-order valence-electron chi connectivity index (χ2n) is 3.81. The van der Waals surface area contributed by atoms with Gasteiger partial charge in [0.25, 0.3) is 0 Å². The number of hydrogen-bond donors (Lipinski definition) is 1. The van der Waals surface area contributed by atoms with Crippen LogP contribution in [-0.4, -0.2) is 17.1 Å². The topological polar surface area (TPSA) is 20.2 Å². The molecule has 1 rings (SSSR count). The third-order valence-electron chi connectivity index (χ3n) is 2.31. The minimum absolute atomic E-state index is 0.446. The van der Waals surface area contributed by atoms with E-state index in [4.69, 9.17) is 0 Å². The lowest BCUT2D eigenvalue weighted by atomic mass is 9.93. The Kier molecular flexibility index (Phi) is 3.42. The fraction of sp³-hybridized carbons (Fsp3) is 0.800. The van der Waals surface area contributed by atoms with Crippen LogP contribution in [0.5, 0.6) is 0 Å². The lowest BCUT2D eigenvalue weighted by molar-refractivity contribution is -0.0199. The SMILES string of the molecule is CC(F)(F)CC(O)C1=CCCCC1. The van der Waals surface area contributed by atoms with E-state index in [1.54, 1.807) is 0 Å². The second kappa shape index (κ2) is 4.18. The van der Waals surface area contributed by atoms with Crippen molar-refractivity contribution in [3.8, 4) is 0 Å². The third-order valence-corrected chi connectivity index (χ3v) is 2.31. The van der Waals surface area contributed by atoms with Crippen LogP contribution in [0.3, 0.4) is 0 Å². The lowest BCUT2D eigenvalue weighted by Gasteiger charge is -2.21. The summed E-state index contributed by atoms with van der Waals surface area (Å²) in [6.45, 7) is 0.847. The van der Waals surface area contributed by atoms with Gasteiger partial charge in [-0.3, -0.25) is 0 Å². The molecule has 0 amide bonds. The van der Waals surface area contributed by atoms with Crippen LogP contribution in [0.2, 0.25) is 0 Å². The van der Waals surface area contributed by atoms with E-state index in [0.29, 0.717) is 0 Å². The summed E-state index contributed by atoms with van der Waals surface area (Å²) in [5, 5.41) is 9.46. The smallest absolute Gasteiger partial charge is 0.248 e. The molecule has 0 heterocycles. The maximum atomic E-state index is 12.5. The molecule has 1 nitrogen and oxygen atoms in total. The van der Waals surface area contributed by atoms with Crippen LogP contribution in [0.25, 0.3) is 0 Å². The van der Waals surface area contributed by atoms with E-state index < -0.39 is 18.4 Å². The Morgan fingerprint density at radius 2 is 2.23 bits per heavy atom. The predicted molar refractivity (Wildman–Crippen MR) is 47.8 cm³/mol. The van der Waals surface area contributed by atoms with E-state index in [0.717, 1.165) is 38.2 Å². The van der Waals surface area contributed by atoms with E-state index in [9.17, 15) is 13.9 Å². The highest BCUT2D eigenvalue weighted by atomic mass is 19.3. The van der Waals surface area contributed by atoms with Crippen LogP contribution >= 0.6 is 0 Å². The van der Waals surface area contributed by atoms with Crippen molar-refractivity contribution in [2.75, 3.05) is 0 Å². The first-order valence-electron chi connectivity index (χ1n) is 4.74. The average Bonchev–Trinajstić information content (AvgIpc) is 2.03. The molecule has 0 bridgehead atoms. The Hall–Kier alpha value is -0.440. The number of rotatable bonds is 3. The molecule has 0 saturated heterocycles. The molecule has 0 aromatic heterocycles. The number of alkyl halides is 2. The summed E-state index contributed by atoms with van der Waals surface area (Å²) < 4.78 is 25.1. The summed E-state index contributed by atoms with van der Waals surface area (Å²) in [6.07, 6.45) is 4.33. The first kappa shape index (κ1) is 10.6. The first-order chi connectivity index (χ1) is 5.99. The van der Waals surface area contributed by atoms with Gasteiger partial charge in [0.1, 0.15) is 0 Å². The number of hydrogen-bond acceptors (Lipinski definition) is 1. The molecule has 0 aromatic carbocycles. The maximum Gasteiger partial charge on any atom is 0.248 e. The van der Waals surface area contributed by atoms with Gasteiger partial charge in [0.05, 0.1) is 6.10 Å². The van der Waals surface area contributed by atoms with Crippen LogP contribution in [0.1, 0.15) is 39.0 Å². The van der Waals surface area contributed by atoms with Gasteiger partial charge in [-0.15, -0.1) is 0 Å². The van der Waals surface area contributed by atoms with Crippen molar-refractivity contribution in [3.63, 3.8) is 0 Å². The zero-order valence-corrected chi connectivity index (χ0v) is 7.89. The van der Waals surface area contributed by atoms with Crippen molar-refractivity contribution in [1.29, 1.82) is 0 Å². The molecular weight excluding hydrogens is 174 g/mol. The average molecular weight is 190 g/mol. The Balaban J connectivity index is 2.47. The number of halogens is 2. The van der Waals surface area contributed by atoms with Gasteiger partial charge >= 0.3 is 0 Å². The van der Waals surface area contributed by atoms with Gasteiger partial charge in [0, 0.05) is 6.42 Å². The molecule has 13 heavy (non-hydrogen) atoms. The molecule has 1 unspecified atom stereocenters. The standard InChI is InChI=1S/C10H16F2O/c1-10(11,12)7-9(13)8-5-3-2-4-6-8/h5,9,13H,2-4,6-7H2,1H3. The summed E-state index contributed by atoms with van der Waals surface area (Å²) >= 11 is 0. The minimum atomic E-state index is -2.77. The summed E-state index contributed by atoms with van der Waals surface area (Å²) in [5.41, 5.74) is 0.799. The van der Waals surface area contributed by atoms with E-state index in [2.05, 4.69) is 0 Å². The van der Waals surface area contributed by atoms with E-state index in [1.165, 1.54) is 0 Å². The van der Waals surface area contributed by atoms with Crippen LogP contribution in [-0.2, 0) is 0 Å². The second-order valence-corrected chi connectivity index (χ2v) is 3.81. The van der Waals surface area contributed by atoms with Crippen molar-refractivity contribution in [2.45, 2.75) is 51.1 Å². The Morgan fingerprint density at radius 3 is 2.69 bits per heavy atom. The highest BCUT2D eigenvalue weighted by Gasteiger charge is 2.27. The minimum Gasteiger partial charge on any atom is -0.389 e. The quantitative estimate of drug-likeness (QED) is 0.678.